The van der Waals surface area contributed by atoms with Crippen LogP contribution >= 0.6 is 0 Å². The van der Waals surface area contributed by atoms with Gasteiger partial charge in [0.25, 0.3) is 0 Å². The highest BCUT2D eigenvalue weighted by molar-refractivity contribution is 5.71. The van der Waals surface area contributed by atoms with Gasteiger partial charge in [-0.3, -0.25) is 0 Å². The number of hydrogen-bond acceptors (Lipinski definition) is 0. The summed E-state index contributed by atoms with van der Waals surface area (Å²) in [6.45, 7) is 0. The van der Waals surface area contributed by atoms with Crippen molar-refractivity contribution in [1.82, 2.24) is 0 Å². The predicted octanol–water partition coefficient (Wildman–Crippen LogP) is 3.83. The molecule has 1 aromatic rings. The first-order valence-electron chi connectivity index (χ1n) is 5.55. The summed E-state index contributed by atoms with van der Waals surface area (Å²) in [5.41, 5.74) is 2.88. The van der Waals surface area contributed by atoms with Gasteiger partial charge in [0.15, 0.2) is 0 Å². The van der Waals surface area contributed by atoms with E-state index in [1.54, 1.807) is 0 Å². The Morgan fingerprint density at radius 1 is 0.933 bits per heavy atom. The Morgan fingerprint density at radius 2 is 1.73 bits per heavy atom. The normalized spacial score (nSPS) is 27.6. The zero-order valence-corrected chi connectivity index (χ0v) is 8.64. The molecule has 0 spiro atoms. The van der Waals surface area contributed by atoms with Gasteiger partial charge >= 0.3 is 0 Å². The molecule has 1 aromatic carbocycles. The van der Waals surface area contributed by atoms with E-state index in [0.29, 0.717) is 11.8 Å². The van der Waals surface area contributed by atoms with Crippen molar-refractivity contribution in [2.75, 3.05) is 0 Å². The second-order valence-corrected chi connectivity index (χ2v) is 4.26. The average molecular weight is 194 g/mol. The Hall–Kier alpha value is -1.56. The van der Waals surface area contributed by atoms with Crippen molar-refractivity contribution >= 4 is 5.57 Å². The topological polar surface area (TPSA) is 0 Å². The van der Waals surface area contributed by atoms with Gasteiger partial charge in [-0.2, -0.15) is 0 Å². The quantitative estimate of drug-likeness (QED) is 0.637. The molecular weight excluding hydrogens is 180 g/mol. The van der Waals surface area contributed by atoms with Gasteiger partial charge in [-0.1, -0.05) is 60.7 Å². The first kappa shape index (κ1) is 8.72. The zero-order valence-electron chi connectivity index (χ0n) is 8.64. The lowest BCUT2D eigenvalue weighted by molar-refractivity contribution is 0.689. The van der Waals surface area contributed by atoms with E-state index in [-0.39, 0.29) is 0 Å². The monoisotopic (exact) mass is 194 g/mol. The maximum Gasteiger partial charge on any atom is 0.00326 e. The standard InChI is InChI=1S/C15H14/c1-2-7-13(8-3-1)15-11-12-6-4-5-9-14(15)10-12/h1-9,11-12,14H,10H2. The van der Waals surface area contributed by atoms with E-state index in [2.05, 4.69) is 60.7 Å². The summed E-state index contributed by atoms with van der Waals surface area (Å²) in [4.78, 5) is 0. The Bertz CT molecular complexity index is 434. The highest BCUT2D eigenvalue weighted by Gasteiger charge is 2.24. The lowest BCUT2D eigenvalue weighted by Gasteiger charge is -2.10. The van der Waals surface area contributed by atoms with Gasteiger partial charge in [-0.05, 0) is 23.5 Å². The van der Waals surface area contributed by atoms with Crippen molar-refractivity contribution in [3.8, 4) is 0 Å². The Kier molecular flexibility index (Phi) is 2.06. The van der Waals surface area contributed by atoms with Gasteiger partial charge < -0.3 is 0 Å². The first-order chi connectivity index (χ1) is 7.43. The summed E-state index contributed by atoms with van der Waals surface area (Å²) in [6, 6.07) is 10.7. The summed E-state index contributed by atoms with van der Waals surface area (Å²) in [6.07, 6.45) is 12.6. The lowest BCUT2D eigenvalue weighted by atomic mass is 9.94. The summed E-state index contributed by atoms with van der Waals surface area (Å²) in [7, 11) is 0. The molecule has 2 aliphatic carbocycles. The summed E-state index contributed by atoms with van der Waals surface area (Å²) >= 11 is 0. The van der Waals surface area contributed by atoms with Crippen molar-refractivity contribution in [2.45, 2.75) is 6.42 Å². The van der Waals surface area contributed by atoms with E-state index >= 15 is 0 Å². The Morgan fingerprint density at radius 3 is 2.60 bits per heavy atom. The molecule has 2 unspecified atom stereocenters. The molecule has 0 heterocycles. The smallest absolute Gasteiger partial charge is 0.00326 e. The molecule has 0 fully saturated rings. The first-order valence-corrected chi connectivity index (χ1v) is 5.55. The summed E-state index contributed by atoms with van der Waals surface area (Å²) in [5, 5.41) is 0. The predicted molar refractivity (Wildman–Crippen MR) is 64.3 cm³/mol. The van der Waals surface area contributed by atoms with Crippen LogP contribution in [-0.4, -0.2) is 0 Å². The SMILES string of the molecule is C1=CC2C=C(c3ccccc3)C(C=C1)C2. The fourth-order valence-corrected chi connectivity index (χ4v) is 2.50. The van der Waals surface area contributed by atoms with Gasteiger partial charge in [0, 0.05) is 5.92 Å². The second kappa shape index (κ2) is 3.54. The van der Waals surface area contributed by atoms with Crippen LogP contribution in [0.3, 0.4) is 0 Å². The van der Waals surface area contributed by atoms with Crippen molar-refractivity contribution in [2.24, 2.45) is 11.8 Å². The Balaban J connectivity index is 2.02. The molecule has 74 valence electrons. The van der Waals surface area contributed by atoms with Gasteiger partial charge in [0.05, 0.1) is 0 Å². The van der Waals surface area contributed by atoms with Crippen LogP contribution in [0.1, 0.15) is 12.0 Å². The van der Waals surface area contributed by atoms with E-state index in [9.17, 15) is 0 Å². The molecule has 0 aliphatic heterocycles. The van der Waals surface area contributed by atoms with Gasteiger partial charge in [-0.25, -0.2) is 0 Å². The minimum atomic E-state index is 0.618. The second-order valence-electron chi connectivity index (χ2n) is 4.26. The van der Waals surface area contributed by atoms with E-state index in [0.717, 1.165) is 0 Å². The molecule has 0 heteroatoms. The largest absolute Gasteiger partial charge is 0.0776 e. The molecule has 15 heavy (non-hydrogen) atoms. The molecule has 0 nitrogen and oxygen atoms in total. The minimum absolute atomic E-state index is 0.618. The molecule has 2 bridgehead atoms. The third kappa shape index (κ3) is 1.56. The van der Waals surface area contributed by atoms with Crippen LogP contribution in [-0.2, 0) is 0 Å². The summed E-state index contributed by atoms with van der Waals surface area (Å²) < 4.78 is 0. The average Bonchev–Trinajstić information content (AvgIpc) is 2.52. The number of rotatable bonds is 1. The number of fused-ring (bicyclic) bond motifs is 2. The fourth-order valence-electron chi connectivity index (χ4n) is 2.50. The van der Waals surface area contributed by atoms with Crippen LogP contribution in [0.5, 0.6) is 0 Å². The highest BCUT2D eigenvalue weighted by Crippen LogP contribution is 2.39. The molecule has 0 aromatic heterocycles. The van der Waals surface area contributed by atoms with E-state index in [4.69, 9.17) is 0 Å². The van der Waals surface area contributed by atoms with Crippen LogP contribution in [0.2, 0.25) is 0 Å². The summed E-state index contributed by atoms with van der Waals surface area (Å²) in [5.74, 6) is 1.26. The molecule has 3 rings (SSSR count). The minimum Gasteiger partial charge on any atom is -0.0776 e. The Labute approximate surface area is 90.6 Å². The third-order valence-corrected chi connectivity index (χ3v) is 3.24. The van der Waals surface area contributed by atoms with Crippen molar-refractivity contribution in [1.29, 1.82) is 0 Å². The zero-order chi connectivity index (χ0) is 10.1. The van der Waals surface area contributed by atoms with Crippen LogP contribution < -0.4 is 0 Å². The van der Waals surface area contributed by atoms with Crippen LogP contribution in [0.15, 0.2) is 60.7 Å². The molecule has 0 amide bonds. The maximum atomic E-state index is 2.42. The number of hydrogen-bond donors (Lipinski definition) is 0. The lowest BCUT2D eigenvalue weighted by Crippen LogP contribution is -1.95. The van der Waals surface area contributed by atoms with Gasteiger partial charge in [0.1, 0.15) is 0 Å². The van der Waals surface area contributed by atoms with Crippen molar-refractivity contribution in [3.05, 3.63) is 66.3 Å². The van der Waals surface area contributed by atoms with Crippen molar-refractivity contribution < 1.29 is 0 Å². The van der Waals surface area contributed by atoms with E-state index in [1.807, 2.05) is 0 Å². The molecule has 2 aliphatic rings. The molecule has 0 N–H and O–H groups in total. The molecule has 0 radical (unpaired) electrons. The highest BCUT2D eigenvalue weighted by atomic mass is 14.3. The molecule has 2 atom stereocenters. The number of benzene rings is 1. The van der Waals surface area contributed by atoms with Gasteiger partial charge in [-0.15, -0.1) is 0 Å². The molecular formula is C15H14. The molecule has 0 saturated carbocycles. The van der Waals surface area contributed by atoms with Crippen LogP contribution in [0, 0.1) is 11.8 Å². The van der Waals surface area contributed by atoms with Gasteiger partial charge in [0.2, 0.25) is 0 Å². The molecule has 0 saturated heterocycles. The fraction of sp³-hybridized carbons (Fsp3) is 0.200. The van der Waals surface area contributed by atoms with Crippen molar-refractivity contribution in [3.63, 3.8) is 0 Å². The van der Waals surface area contributed by atoms with E-state index < -0.39 is 0 Å². The van der Waals surface area contributed by atoms with E-state index in [1.165, 1.54) is 17.6 Å². The van der Waals surface area contributed by atoms with Crippen LogP contribution in [0.25, 0.3) is 5.57 Å². The third-order valence-electron chi connectivity index (χ3n) is 3.24. The maximum absolute atomic E-state index is 2.42. The van der Waals surface area contributed by atoms with Crippen LogP contribution in [0.4, 0.5) is 0 Å². The number of allylic oxidation sites excluding steroid dienone is 6.